The third kappa shape index (κ3) is 5.93. The molecule has 1 heterocycles. The Labute approximate surface area is 217 Å². The number of nitrogens with zero attached hydrogens (tertiary/aromatic N) is 1. The summed E-state index contributed by atoms with van der Waals surface area (Å²) in [6, 6.07) is 19.9. The number of fused-ring (bicyclic) bond motifs is 2. The number of rotatable bonds is 6. The van der Waals surface area contributed by atoms with Crippen molar-refractivity contribution >= 4 is 34.9 Å². The second kappa shape index (κ2) is 10.2. The summed E-state index contributed by atoms with van der Waals surface area (Å²) < 4.78 is 0. The lowest BCUT2D eigenvalue weighted by Gasteiger charge is -2.47. The summed E-state index contributed by atoms with van der Waals surface area (Å²) in [7, 11) is 0. The first-order chi connectivity index (χ1) is 17.8. The van der Waals surface area contributed by atoms with Gasteiger partial charge in [-0.2, -0.15) is 0 Å². The predicted octanol–water partition coefficient (Wildman–Crippen LogP) is 7.27. The predicted molar refractivity (Wildman–Crippen MR) is 147 cm³/mol. The van der Waals surface area contributed by atoms with Crippen molar-refractivity contribution in [2.24, 2.45) is 17.8 Å². The minimum Gasteiger partial charge on any atom is -0.477 e. The molecule has 2 atom stereocenters. The van der Waals surface area contributed by atoms with E-state index in [-0.39, 0.29) is 17.1 Å². The van der Waals surface area contributed by atoms with Crippen LogP contribution in [0.5, 0.6) is 0 Å². The highest BCUT2D eigenvalue weighted by molar-refractivity contribution is 5.99. The van der Waals surface area contributed by atoms with Crippen LogP contribution in [0.2, 0.25) is 0 Å². The molecule has 192 valence electrons. The minimum atomic E-state index is -1.08. The first-order valence-electron chi connectivity index (χ1n) is 13.0. The van der Waals surface area contributed by atoms with Gasteiger partial charge in [0, 0.05) is 17.1 Å². The number of hydrogen-bond donors (Lipinski definition) is 4. The van der Waals surface area contributed by atoms with E-state index in [0.717, 1.165) is 29.1 Å². The number of hydrogen-bond acceptors (Lipinski definition) is 4. The maximum Gasteiger partial charge on any atom is 0.354 e. The van der Waals surface area contributed by atoms with Crippen LogP contribution >= 0.6 is 0 Å². The Morgan fingerprint density at radius 1 is 0.838 bits per heavy atom. The van der Waals surface area contributed by atoms with Crippen LogP contribution < -0.4 is 16.0 Å². The molecule has 2 unspecified atom stereocenters. The van der Waals surface area contributed by atoms with E-state index in [4.69, 9.17) is 5.11 Å². The van der Waals surface area contributed by atoms with E-state index in [0.29, 0.717) is 11.5 Å². The first kappa shape index (κ1) is 24.8. The van der Waals surface area contributed by atoms with Gasteiger partial charge in [0.05, 0.1) is 0 Å². The average molecular weight is 499 g/mol. The third-order valence-electron chi connectivity index (χ3n) is 7.84. The van der Waals surface area contributed by atoms with Gasteiger partial charge in [0.2, 0.25) is 0 Å². The molecule has 0 aliphatic heterocycles. The van der Waals surface area contributed by atoms with Gasteiger partial charge in [0.25, 0.3) is 0 Å². The van der Waals surface area contributed by atoms with Crippen LogP contribution in [0.15, 0.2) is 66.7 Å². The fraction of sp³-hybridized carbons (Fsp3) is 0.367. The zero-order valence-corrected chi connectivity index (χ0v) is 21.3. The Kier molecular flexibility index (Phi) is 6.87. The Hall–Kier alpha value is -3.87. The molecular formula is C30H34N4O3. The molecule has 2 aliphatic carbocycles. The van der Waals surface area contributed by atoms with Gasteiger partial charge >= 0.3 is 12.0 Å². The number of pyridine rings is 1. The molecule has 2 saturated carbocycles. The standard InChI is InChI=1S/C30H34N4O3/c1-19-14-20-16-21(15-19)18-30(2,17-20)22-6-8-24(9-7-22)32-29(37)33-25-12-10-23(11-13-25)31-27-5-3-4-26(34-27)28(35)36/h3-13,19-21H,14-18H2,1-2H3,(H,31,34)(H,35,36)(H2,32,33,37). The van der Waals surface area contributed by atoms with Gasteiger partial charge in [0.15, 0.2) is 5.69 Å². The van der Waals surface area contributed by atoms with Gasteiger partial charge in [0.1, 0.15) is 5.82 Å². The van der Waals surface area contributed by atoms with Crippen LogP contribution in [0, 0.1) is 17.8 Å². The molecule has 0 saturated heterocycles. The number of aromatic carboxylic acids is 1. The number of urea groups is 1. The quantitative estimate of drug-likeness (QED) is 0.286. The lowest BCUT2D eigenvalue weighted by molar-refractivity contribution is 0.0690. The summed E-state index contributed by atoms with van der Waals surface area (Å²) >= 11 is 0. The van der Waals surface area contributed by atoms with E-state index in [1.54, 1.807) is 36.4 Å². The molecule has 5 rings (SSSR count). The lowest BCUT2D eigenvalue weighted by atomic mass is 9.57. The molecule has 2 amide bonds. The first-order valence-corrected chi connectivity index (χ1v) is 13.0. The fourth-order valence-corrected chi connectivity index (χ4v) is 6.48. The maximum atomic E-state index is 12.6. The Bertz CT molecular complexity index is 1250. The minimum absolute atomic E-state index is 0.0296. The summed E-state index contributed by atoms with van der Waals surface area (Å²) in [5.41, 5.74) is 3.69. The van der Waals surface area contributed by atoms with Crippen LogP contribution in [0.1, 0.15) is 62.0 Å². The van der Waals surface area contributed by atoms with E-state index < -0.39 is 5.97 Å². The van der Waals surface area contributed by atoms with E-state index >= 15 is 0 Å². The topological polar surface area (TPSA) is 103 Å². The summed E-state index contributed by atoms with van der Waals surface area (Å²) in [5.74, 6) is 1.89. The second-order valence-electron chi connectivity index (χ2n) is 11.1. The van der Waals surface area contributed by atoms with Crippen LogP contribution in [0.4, 0.5) is 27.7 Å². The Morgan fingerprint density at radius 3 is 2.00 bits per heavy atom. The molecular weight excluding hydrogens is 464 g/mol. The summed E-state index contributed by atoms with van der Waals surface area (Å²) in [4.78, 5) is 27.7. The highest BCUT2D eigenvalue weighted by Crippen LogP contribution is 2.51. The van der Waals surface area contributed by atoms with Crippen molar-refractivity contribution in [3.63, 3.8) is 0 Å². The molecule has 7 heteroatoms. The van der Waals surface area contributed by atoms with Crippen LogP contribution in [0.3, 0.4) is 0 Å². The number of carboxylic acid groups (broad SMARTS) is 1. The molecule has 3 aromatic rings. The molecule has 1 aromatic heterocycles. The van der Waals surface area contributed by atoms with Crippen molar-refractivity contribution in [3.05, 3.63) is 78.0 Å². The molecule has 0 radical (unpaired) electrons. The van der Waals surface area contributed by atoms with E-state index in [1.165, 1.54) is 43.7 Å². The molecule has 4 N–H and O–H groups in total. The summed E-state index contributed by atoms with van der Waals surface area (Å²) in [6.07, 6.45) is 6.63. The number of carboxylic acids is 1. The van der Waals surface area contributed by atoms with Gasteiger partial charge in [-0.25, -0.2) is 14.6 Å². The Balaban J connectivity index is 1.16. The fourth-order valence-electron chi connectivity index (χ4n) is 6.48. The number of aromatic nitrogens is 1. The molecule has 2 aromatic carbocycles. The maximum absolute atomic E-state index is 12.6. The number of benzene rings is 2. The average Bonchev–Trinajstić information content (AvgIpc) is 2.85. The van der Waals surface area contributed by atoms with Crippen molar-refractivity contribution in [3.8, 4) is 0 Å². The number of carbonyl (C=O) groups is 2. The largest absolute Gasteiger partial charge is 0.477 e. The van der Waals surface area contributed by atoms with Crippen molar-refractivity contribution in [1.29, 1.82) is 0 Å². The monoisotopic (exact) mass is 498 g/mol. The van der Waals surface area contributed by atoms with Crippen molar-refractivity contribution in [2.45, 2.75) is 51.4 Å². The van der Waals surface area contributed by atoms with Crippen LogP contribution in [0.25, 0.3) is 0 Å². The highest BCUT2D eigenvalue weighted by atomic mass is 16.4. The summed E-state index contributed by atoms with van der Waals surface area (Å²) in [6.45, 7) is 4.81. The van der Waals surface area contributed by atoms with E-state index in [1.807, 2.05) is 12.1 Å². The molecule has 37 heavy (non-hydrogen) atoms. The number of amides is 2. The van der Waals surface area contributed by atoms with Gasteiger partial charge in [-0.3, -0.25) is 0 Å². The van der Waals surface area contributed by atoms with Crippen LogP contribution in [-0.4, -0.2) is 22.1 Å². The molecule has 2 aliphatic rings. The zero-order chi connectivity index (χ0) is 26.0. The number of carbonyl (C=O) groups excluding carboxylic acids is 1. The van der Waals surface area contributed by atoms with Crippen molar-refractivity contribution in [1.82, 2.24) is 4.98 Å². The third-order valence-corrected chi connectivity index (χ3v) is 7.84. The molecule has 2 fully saturated rings. The lowest BCUT2D eigenvalue weighted by Crippen LogP contribution is -2.38. The SMILES string of the molecule is CC1CC2CC(C1)CC(C)(c1ccc(NC(=O)Nc3ccc(Nc4cccc(C(=O)O)n4)cc3)cc1)C2. The normalized spacial score (nSPS) is 24.6. The highest BCUT2D eigenvalue weighted by Gasteiger charge is 2.41. The smallest absolute Gasteiger partial charge is 0.354 e. The molecule has 7 nitrogen and oxygen atoms in total. The summed E-state index contributed by atoms with van der Waals surface area (Å²) in [5, 5.41) is 17.9. The van der Waals surface area contributed by atoms with Gasteiger partial charge in [-0.05, 0) is 109 Å². The number of nitrogens with one attached hydrogen (secondary N) is 3. The second-order valence-corrected chi connectivity index (χ2v) is 11.1. The van der Waals surface area contributed by atoms with Gasteiger partial charge in [-0.1, -0.05) is 32.0 Å². The van der Waals surface area contributed by atoms with Gasteiger partial charge in [-0.15, -0.1) is 0 Å². The van der Waals surface area contributed by atoms with Crippen molar-refractivity contribution in [2.75, 3.05) is 16.0 Å². The van der Waals surface area contributed by atoms with E-state index in [9.17, 15) is 9.59 Å². The Morgan fingerprint density at radius 2 is 1.41 bits per heavy atom. The van der Waals surface area contributed by atoms with E-state index in [2.05, 4.69) is 46.9 Å². The molecule has 0 spiro atoms. The number of anilines is 4. The zero-order valence-electron chi connectivity index (χ0n) is 21.3. The van der Waals surface area contributed by atoms with Crippen molar-refractivity contribution < 1.29 is 14.7 Å². The van der Waals surface area contributed by atoms with Crippen LogP contribution in [-0.2, 0) is 5.41 Å². The van der Waals surface area contributed by atoms with Gasteiger partial charge < -0.3 is 21.1 Å². The molecule has 2 bridgehead atoms.